The molecule has 0 saturated carbocycles. The van der Waals surface area contributed by atoms with Gasteiger partial charge in [-0.3, -0.25) is 4.79 Å². The number of nitrogens with two attached hydrogens (primary N) is 1. The molecule has 1 rings (SSSR count). The lowest BCUT2D eigenvalue weighted by Gasteiger charge is -1.99. The van der Waals surface area contributed by atoms with Crippen molar-refractivity contribution < 1.29 is 4.79 Å². The third-order valence-electron chi connectivity index (χ3n) is 2.24. The summed E-state index contributed by atoms with van der Waals surface area (Å²) in [6, 6.07) is 8.20. The number of carbonyl (C=O) groups excluding carboxylic acids is 1. The molecule has 2 nitrogen and oxygen atoms in total. The maximum Gasteiger partial charge on any atom is 0.241 e. The molecule has 0 aliphatic heterocycles. The average Bonchev–Trinajstić information content (AvgIpc) is 2.25. The lowest BCUT2D eigenvalue weighted by atomic mass is 10.1. The van der Waals surface area contributed by atoms with Crippen molar-refractivity contribution in [2.24, 2.45) is 5.73 Å². The van der Waals surface area contributed by atoms with Crippen molar-refractivity contribution in [1.82, 2.24) is 0 Å². The first kappa shape index (κ1) is 11.5. The van der Waals surface area contributed by atoms with Crippen LogP contribution in [0.1, 0.15) is 30.9 Å². The number of rotatable bonds is 5. The zero-order valence-electron chi connectivity index (χ0n) is 9.07. The quantitative estimate of drug-likeness (QED) is 0.734. The second-order valence-corrected chi connectivity index (χ2v) is 3.58. The molecule has 0 aliphatic carbocycles. The Labute approximate surface area is 90.8 Å². The molecule has 2 N–H and O–H groups in total. The number of benzene rings is 1. The summed E-state index contributed by atoms with van der Waals surface area (Å²) in [4.78, 5) is 10.5. The highest BCUT2D eigenvalue weighted by Crippen LogP contribution is 2.08. The van der Waals surface area contributed by atoms with E-state index in [1.54, 1.807) is 6.08 Å². The molecule has 0 saturated heterocycles. The Morgan fingerprint density at radius 1 is 1.33 bits per heavy atom. The van der Waals surface area contributed by atoms with E-state index in [1.807, 2.05) is 12.1 Å². The Morgan fingerprint density at radius 3 is 2.53 bits per heavy atom. The van der Waals surface area contributed by atoms with E-state index >= 15 is 0 Å². The van der Waals surface area contributed by atoms with E-state index in [4.69, 9.17) is 5.73 Å². The van der Waals surface area contributed by atoms with Crippen LogP contribution in [0, 0.1) is 0 Å². The summed E-state index contributed by atoms with van der Waals surface area (Å²) in [5.74, 6) is -0.412. The van der Waals surface area contributed by atoms with Gasteiger partial charge < -0.3 is 5.73 Å². The summed E-state index contributed by atoms with van der Waals surface area (Å²) in [7, 11) is 0. The third kappa shape index (κ3) is 4.45. The maximum atomic E-state index is 10.5. The zero-order chi connectivity index (χ0) is 11.1. The lowest BCUT2D eigenvalue weighted by molar-refractivity contribution is -0.113. The van der Waals surface area contributed by atoms with E-state index in [0.29, 0.717) is 0 Å². The van der Waals surface area contributed by atoms with Gasteiger partial charge in [0.2, 0.25) is 5.91 Å². The smallest absolute Gasteiger partial charge is 0.241 e. The van der Waals surface area contributed by atoms with Crippen molar-refractivity contribution in [2.75, 3.05) is 0 Å². The molecule has 0 bridgehead atoms. The average molecular weight is 203 g/mol. The molecule has 0 fully saturated rings. The normalized spacial score (nSPS) is 10.7. The van der Waals surface area contributed by atoms with Crippen molar-refractivity contribution >= 4 is 12.0 Å². The van der Waals surface area contributed by atoms with Gasteiger partial charge in [-0.25, -0.2) is 0 Å². The highest BCUT2D eigenvalue weighted by Gasteiger charge is 1.92. The van der Waals surface area contributed by atoms with Gasteiger partial charge in [0, 0.05) is 6.08 Å². The summed E-state index contributed by atoms with van der Waals surface area (Å²) in [6.07, 6.45) is 6.66. The Morgan fingerprint density at radius 2 is 2.00 bits per heavy atom. The number of primary amides is 1. The topological polar surface area (TPSA) is 43.1 Å². The molecule has 80 valence electrons. The van der Waals surface area contributed by atoms with E-state index < -0.39 is 5.91 Å². The van der Waals surface area contributed by atoms with Crippen LogP contribution in [-0.4, -0.2) is 5.91 Å². The monoisotopic (exact) mass is 203 g/mol. The van der Waals surface area contributed by atoms with E-state index in [2.05, 4.69) is 19.1 Å². The Bertz CT molecular complexity index is 338. The minimum atomic E-state index is -0.412. The van der Waals surface area contributed by atoms with E-state index in [0.717, 1.165) is 12.0 Å². The van der Waals surface area contributed by atoms with Crippen molar-refractivity contribution in [3.63, 3.8) is 0 Å². The van der Waals surface area contributed by atoms with Gasteiger partial charge in [-0.1, -0.05) is 37.6 Å². The van der Waals surface area contributed by atoms with E-state index in [-0.39, 0.29) is 0 Å². The SMILES string of the molecule is CCCCc1ccc(/C=C\C(N)=O)cc1. The van der Waals surface area contributed by atoms with E-state index in [9.17, 15) is 4.79 Å². The number of amides is 1. The molecule has 2 heteroatoms. The van der Waals surface area contributed by atoms with Crippen LogP contribution in [0.3, 0.4) is 0 Å². The minimum Gasteiger partial charge on any atom is -0.366 e. The molecule has 0 radical (unpaired) electrons. The van der Waals surface area contributed by atoms with Gasteiger partial charge in [-0.15, -0.1) is 0 Å². The molecule has 15 heavy (non-hydrogen) atoms. The highest BCUT2D eigenvalue weighted by atomic mass is 16.1. The Kier molecular flexibility index (Phi) is 4.61. The molecule has 1 aromatic rings. The van der Waals surface area contributed by atoms with Crippen LogP contribution in [0.2, 0.25) is 0 Å². The van der Waals surface area contributed by atoms with Gasteiger partial charge in [0.15, 0.2) is 0 Å². The van der Waals surface area contributed by atoms with Crippen LogP contribution in [-0.2, 0) is 11.2 Å². The molecule has 0 aromatic heterocycles. The van der Waals surface area contributed by atoms with Crippen LogP contribution < -0.4 is 5.73 Å². The maximum absolute atomic E-state index is 10.5. The first-order valence-electron chi connectivity index (χ1n) is 5.29. The van der Waals surface area contributed by atoms with Gasteiger partial charge in [0.05, 0.1) is 0 Å². The van der Waals surface area contributed by atoms with Crippen LogP contribution in [0.5, 0.6) is 0 Å². The predicted molar refractivity (Wildman–Crippen MR) is 63.3 cm³/mol. The Hall–Kier alpha value is -1.57. The summed E-state index contributed by atoms with van der Waals surface area (Å²) in [5.41, 5.74) is 7.36. The van der Waals surface area contributed by atoms with Crippen molar-refractivity contribution in [3.05, 3.63) is 41.5 Å². The van der Waals surface area contributed by atoms with Crippen LogP contribution in [0.4, 0.5) is 0 Å². The third-order valence-corrected chi connectivity index (χ3v) is 2.24. The highest BCUT2D eigenvalue weighted by molar-refractivity contribution is 5.90. The fourth-order valence-electron chi connectivity index (χ4n) is 1.35. The van der Waals surface area contributed by atoms with Gasteiger partial charge in [-0.2, -0.15) is 0 Å². The first-order chi connectivity index (χ1) is 7.22. The number of hydrogen-bond acceptors (Lipinski definition) is 1. The fourth-order valence-corrected chi connectivity index (χ4v) is 1.35. The summed E-state index contributed by atoms with van der Waals surface area (Å²) >= 11 is 0. The summed E-state index contributed by atoms with van der Waals surface area (Å²) in [5, 5.41) is 0. The van der Waals surface area contributed by atoms with Crippen LogP contribution >= 0.6 is 0 Å². The largest absolute Gasteiger partial charge is 0.366 e. The molecule has 0 spiro atoms. The number of hydrogen-bond donors (Lipinski definition) is 1. The minimum absolute atomic E-state index is 0.412. The Balaban J connectivity index is 2.60. The standard InChI is InChI=1S/C13H17NO/c1-2-3-4-11-5-7-12(8-6-11)9-10-13(14)15/h5-10H,2-4H2,1H3,(H2,14,15)/b10-9-. The molecule has 1 amide bonds. The van der Waals surface area contributed by atoms with Crippen molar-refractivity contribution in [2.45, 2.75) is 26.2 Å². The molecule has 0 atom stereocenters. The van der Waals surface area contributed by atoms with Gasteiger partial charge in [-0.05, 0) is 30.0 Å². The molecular weight excluding hydrogens is 186 g/mol. The fraction of sp³-hybridized carbons (Fsp3) is 0.308. The summed E-state index contributed by atoms with van der Waals surface area (Å²) < 4.78 is 0. The van der Waals surface area contributed by atoms with Crippen molar-refractivity contribution in [3.8, 4) is 0 Å². The molecular formula is C13H17NO. The van der Waals surface area contributed by atoms with Gasteiger partial charge in [0.25, 0.3) is 0 Å². The van der Waals surface area contributed by atoms with Crippen LogP contribution in [0.25, 0.3) is 6.08 Å². The van der Waals surface area contributed by atoms with Crippen molar-refractivity contribution in [1.29, 1.82) is 0 Å². The second-order valence-electron chi connectivity index (χ2n) is 3.58. The van der Waals surface area contributed by atoms with Gasteiger partial charge in [0.1, 0.15) is 0 Å². The lowest BCUT2D eigenvalue weighted by Crippen LogP contribution is -2.05. The first-order valence-corrected chi connectivity index (χ1v) is 5.29. The molecule has 1 aromatic carbocycles. The molecule has 0 unspecified atom stereocenters. The van der Waals surface area contributed by atoms with Gasteiger partial charge >= 0.3 is 0 Å². The number of aryl methyl sites for hydroxylation is 1. The summed E-state index contributed by atoms with van der Waals surface area (Å²) in [6.45, 7) is 2.18. The second kappa shape index (κ2) is 6.02. The van der Waals surface area contributed by atoms with Crippen LogP contribution in [0.15, 0.2) is 30.3 Å². The van der Waals surface area contributed by atoms with E-state index in [1.165, 1.54) is 24.5 Å². The molecule has 0 heterocycles. The predicted octanol–water partition coefficient (Wildman–Crippen LogP) is 2.53. The number of carbonyl (C=O) groups is 1. The number of unbranched alkanes of at least 4 members (excludes halogenated alkanes) is 1. The zero-order valence-corrected chi connectivity index (χ0v) is 9.07. The molecule has 0 aliphatic rings.